The Morgan fingerprint density at radius 3 is 2.24 bits per heavy atom. The molecule has 0 atom stereocenters. The van der Waals surface area contributed by atoms with Gasteiger partial charge in [0.15, 0.2) is 0 Å². The molecule has 1 heterocycles. The van der Waals surface area contributed by atoms with Gasteiger partial charge in [-0.15, -0.1) is 0 Å². The molecule has 2 aromatic rings. The number of nitrogens with zero attached hydrogens (tertiary/aromatic N) is 2. The van der Waals surface area contributed by atoms with Crippen molar-refractivity contribution in [3.05, 3.63) is 63.1 Å². The van der Waals surface area contributed by atoms with E-state index in [1.165, 1.54) is 5.56 Å². The van der Waals surface area contributed by atoms with Gasteiger partial charge in [0.1, 0.15) is 0 Å². The predicted octanol–water partition coefficient (Wildman–Crippen LogP) is 5.00. The van der Waals surface area contributed by atoms with E-state index >= 15 is 0 Å². The van der Waals surface area contributed by atoms with E-state index in [0.29, 0.717) is 28.8 Å². The summed E-state index contributed by atoms with van der Waals surface area (Å²) in [5.41, 5.74) is 1.86. The first-order valence-electron chi connectivity index (χ1n) is 7.99. The smallest absolute Gasteiger partial charge is 0.321 e. The van der Waals surface area contributed by atoms with E-state index in [0.717, 1.165) is 24.7 Å². The van der Waals surface area contributed by atoms with Crippen LogP contribution in [0.25, 0.3) is 0 Å². The number of benzene rings is 2. The van der Waals surface area contributed by atoms with Gasteiger partial charge in [-0.05, 0) is 35.9 Å². The molecule has 2 aromatic carbocycles. The zero-order valence-corrected chi connectivity index (χ0v) is 15.8. The minimum absolute atomic E-state index is 0.121. The Kier molecular flexibility index (Phi) is 6.07. The van der Waals surface area contributed by atoms with E-state index in [-0.39, 0.29) is 6.03 Å². The predicted molar refractivity (Wildman–Crippen MR) is 104 cm³/mol. The molecular weight excluding hydrogens is 381 g/mol. The Hall–Kier alpha value is -1.46. The molecule has 7 heteroatoms. The van der Waals surface area contributed by atoms with E-state index < -0.39 is 0 Å². The molecule has 1 fully saturated rings. The number of hydrogen-bond acceptors (Lipinski definition) is 2. The third kappa shape index (κ3) is 5.02. The first kappa shape index (κ1) is 18.3. The summed E-state index contributed by atoms with van der Waals surface area (Å²) in [6, 6.07) is 12.8. The van der Waals surface area contributed by atoms with Crippen LogP contribution < -0.4 is 5.32 Å². The normalized spacial score (nSPS) is 15.2. The van der Waals surface area contributed by atoms with Crippen LogP contribution in [-0.2, 0) is 6.54 Å². The second-order valence-corrected chi connectivity index (χ2v) is 7.20. The number of carbonyl (C=O) groups is 1. The van der Waals surface area contributed by atoms with Crippen molar-refractivity contribution >= 4 is 46.5 Å². The lowest BCUT2D eigenvalue weighted by molar-refractivity contribution is 0.143. The number of carbonyl (C=O) groups excluding carboxylic acids is 1. The fourth-order valence-electron chi connectivity index (χ4n) is 2.73. The zero-order chi connectivity index (χ0) is 17.8. The second-order valence-electron chi connectivity index (χ2n) is 5.95. The summed E-state index contributed by atoms with van der Waals surface area (Å²) >= 11 is 17.8. The molecule has 0 spiro atoms. The largest absolute Gasteiger partial charge is 0.322 e. The molecule has 0 saturated carbocycles. The van der Waals surface area contributed by atoms with Gasteiger partial charge >= 0.3 is 6.03 Å². The van der Waals surface area contributed by atoms with Crippen molar-refractivity contribution < 1.29 is 4.79 Å². The fraction of sp³-hybridized carbons (Fsp3) is 0.278. The highest BCUT2D eigenvalue weighted by Gasteiger charge is 2.21. The van der Waals surface area contributed by atoms with Crippen molar-refractivity contribution in [3.63, 3.8) is 0 Å². The fourth-order valence-corrected chi connectivity index (χ4v) is 3.16. The highest BCUT2D eigenvalue weighted by atomic mass is 35.5. The summed E-state index contributed by atoms with van der Waals surface area (Å²) in [7, 11) is 0. The van der Waals surface area contributed by atoms with Crippen molar-refractivity contribution in [1.29, 1.82) is 0 Å². The number of anilines is 1. The van der Waals surface area contributed by atoms with Crippen LogP contribution in [0.2, 0.25) is 15.1 Å². The van der Waals surface area contributed by atoms with Crippen molar-refractivity contribution in [2.45, 2.75) is 6.54 Å². The summed E-state index contributed by atoms with van der Waals surface area (Å²) in [5.74, 6) is 0. The average molecular weight is 399 g/mol. The molecule has 0 aromatic heterocycles. The third-order valence-electron chi connectivity index (χ3n) is 4.15. The summed E-state index contributed by atoms with van der Waals surface area (Å²) < 4.78 is 0. The molecule has 1 aliphatic heterocycles. The maximum atomic E-state index is 12.4. The van der Waals surface area contributed by atoms with Crippen LogP contribution >= 0.6 is 34.8 Å². The van der Waals surface area contributed by atoms with Crippen molar-refractivity contribution in [2.75, 3.05) is 31.5 Å². The molecule has 1 N–H and O–H groups in total. The third-order valence-corrected chi connectivity index (χ3v) is 5.14. The number of urea groups is 1. The Balaban J connectivity index is 1.50. The molecule has 132 valence electrons. The molecule has 0 unspecified atom stereocenters. The first-order chi connectivity index (χ1) is 12.0. The number of piperazine rings is 1. The minimum atomic E-state index is -0.121. The summed E-state index contributed by atoms with van der Waals surface area (Å²) in [4.78, 5) is 16.5. The van der Waals surface area contributed by atoms with Crippen LogP contribution in [-0.4, -0.2) is 42.0 Å². The van der Waals surface area contributed by atoms with Crippen LogP contribution in [0.4, 0.5) is 10.5 Å². The quantitative estimate of drug-likeness (QED) is 0.790. The maximum absolute atomic E-state index is 12.4. The average Bonchev–Trinajstić information content (AvgIpc) is 2.61. The summed E-state index contributed by atoms with van der Waals surface area (Å²) in [6.07, 6.45) is 0. The van der Waals surface area contributed by atoms with Gasteiger partial charge in [0, 0.05) is 43.4 Å². The standard InChI is InChI=1S/C18H18Cl3N3O/c19-14-3-1-13(2-4-14)12-23-7-9-24(10-8-23)18(25)22-15-5-6-16(20)17(21)11-15/h1-6,11H,7-10,12H2,(H,22,25). The van der Waals surface area contributed by atoms with Crippen LogP contribution in [0.1, 0.15) is 5.56 Å². The number of amides is 2. The lowest BCUT2D eigenvalue weighted by atomic mass is 10.2. The molecule has 0 aliphatic carbocycles. The Bertz CT molecular complexity index is 744. The first-order valence-corrected chi connectivity index (χ1v) is 9.12. The second kappa shape index (κ2) is 8.28. The minimum Gasteiger partial charge on any atom is -0.322 e. The molecule has 0 bridgehead atoms. The summed E-state index contributed by atoms with van der Waals surface area (Å²) in [5, 5.41) is 4.50. The topological polar surface area (TPSA) is 35.6 Å². The maximum Gasteiger partial charge on any atom is 0.321 e. The van der Waals surface area contributed by atoms with Crippen LogP contribution in [0.5, 0.6) is 0 Å². The van der Waals surface area contributed by atoms with Gasteiger partial charge in [-0.1, -0.05) is 46.9 Å². The number of halogens is 3. The van der Waals surface area contributed by atoms with Crippen LogP contribution in [0, 0.1) is 0 Å². The van der Waals surface area contributed by atoms with E-state index in [2.05, 4.69) is 10.2 Å². The van der Waals surface area contributed by atoms with E-state index in [1.54, 1.807) is 23.1 Å². The monoisotopic (exact) mass is 397 g/mol. The summed E-state index contributed by atoms with van der Waals surface area (Å²) in [6.45, 7) is 3.88. The van der Waals surface area contributed by atoms with Crippen molar-refractivity contribution in [3.8, 4) is 0 Å². The molecule has 25 heavy (non-hydrogen) atoms. The van der Waals surface area contributed by atoms with Crippen LogP contribution in [0.3, 0.4) is 0 Å². The van der Waals surface area contributed by atoms with Gasteiger partial charge in [-0.25, -0.2) is 4.79 Å². The molecular formula is C18H18Cl3N3O. The Labute approximate surface area is 162 Å². The van der Waals surface area contributed by atoms with Gasteiger partial charge in [-0.2, -0.15) is 0 Å². The lowest BCUT2D eigenvalue weighted by Crippen LogP contribution is -2.49. The Morgan fingerprint density at radius 1 is 0.920 bits per heavy atom. The molecule has 2 amide bonds. The molecule has 1 aliphatic rings. The van der Waals surface area contributed by atoms with Gasteiger partial charge in [0.2, 0.25) is 0 Å². The SMILES string of the molecule is O=C(Nc1ccc(Cl)c(Cl)c1)N1CCN(Cc2ccc(Cl)cc2)CC1. The molecule has 4 nitrogen and oxygen atoms in total. The molecule has 0 radical (unpaired) electrons. The van der Waals surface area contributed by atoms with Crippen molar-refractivity contribution in [2.24, 2.45) is 0 Å². The van der Waals surface area contributed by atoms with Crippen LogP contribution in [0.15, 0.2) is 42.5 Å². The van der Waals surface area contributed by atoms with Gasteiger partial charge in [0.25, 0.3) is 0 Å². The van der Waals surface area contributed by atoms with E-state index in [4.69, 9.17) is 34.8 Å². The van der Waals surface area contributed by atoms with E-state index in [9.17, 15) is 4.79 Å². The van der Waals surface area contributed by atoms with Crippen molar-refractivity contribution in [1.82, 2.24) is 9.80 Å². The zero-order valence-electron chi connectivity index (χ0n) is 13.5. The number of rotatable bonds is 3. The highest BCUT2D eigenvalue weighted by molar-refractivity contribution is 6.42. The molecule has 3 rings (SSSR count). The van der Waals surface area contributed by atoms with E-state index in [1.807, 2.05) is 24.3 Å². The lowest BCUT2D eigenvalue weighted by Gasteiger charge is -2.34. The van der Waals surface area contributed by atoms with Gasteiger partial charge in [0.05, 0.1) is 10.0 Å². The Morgan fingerprint density at radius 2 is 1.60 bits per heavy atom. The number of hydrogen-bond donors (Lipinski definition) is 1. The highest BCUT2D eigenvalue weighted by Crippen LogP contribution is 2.25. The van der Waals surface area contributed by atoms with Gasteiger partial charge < -0.3 is 10.2 Å². The van der Waals surface area contributed by atoms with Gasteiger partial charge in [-0.3, -0.25) is 4.90 Å². The molecule has 1 saturated heterocycles. The number of nitrogens with one attached hydrogen (secondary N) is 1.